The Kier molecular flexibility index (Phi) is 7.95. The molecule has 0 spiro atoms. The van der Waals surface area contributed by atoms with E-state index in [0.29, 0.717) is 0 Å². The summed E-state index contributed by atoms with van der Waals surface area (Å²) in [4.78, 5) is 11.9. The van der Waals surface area contributed by atoms with Gasteiger partial charge in [0.2, 0.25) is 0 Å². The highest BCUT2D eigenvalue weighted by atomic mass is 16.5. The summed E-state index contributed by atoms with van der Waals surface area (Å²) >= 11 is 0. The molecule has 2 atom stereocenters. The van der Waals surface area contributed by atoms with Gasteiger partial charge in [-0.15, -0.1) is 6.58 Å². The second kappa shape index (κ2) is 9.81. The Balaban J connectivity index is 2.47. The van der Waals surface area contributed by atoms with Gasteiger partial charge in [-0.25, -0.2) is 4.79 Å². The summed E-state index contributed by atoms with van der Waals surface area (Å²) in [6, 6.07) is 9.62. The number of amides is 1. The van der Waals surface area contributed by atoms with Gasteiger partial charge in [-0.1, -0.05) is 62.4 Å². The minimum Gasteiger partial charge on any atom is -0.445 e. The summed E-state index contributed by atoms with van der Waals surface area (Å²) in [5.74, 6) is 0.177. The van der Waals surface area contributed by atoms with Crippen LogP contribution in [0.1, 0.15) is 25.8 Å². The molecule has 0 heterocycles. The number of carbonyl (C=O) groups is 1. The molecule has 0 unspecified atom stereocenters. The zero-order valence-corrected chi connectivity index (χ0v) is 12.8. The second-order valence-corrected chi connectivity index (χ2v) is 4.90. The van der Waals surface area contributed by atoms with Crippen molar-refractivity contribution in [3.8, 4) is 0 Å². The van der Waals surface area contributed by atoms with Gasteiger partial charge in [0.05, 0.1) is 0 Å². The van der Waals surface area contributed by atoms with Crippen LogP contribution in [0.4, 0.5) is 4.79 Å². The average molecular weight is 286 g/mol. The Labute approximate surface area is 127 Å². The maximum atomic E-state index is 11.9. The minimum atomic E-state index is -0.397. The van der Waals surface area contributed by atoms with Gasteiger partial charge in [0.1, 0.15) is 6.61 Å². The molecule has 0 aliphatic rings. The van der Waals surface area contributed by atoms with Crippen molar-refractivity contribution in [3.63, 3.8) is 0 Å². The van der Waals surface area contributed by atoms with E-state index in [1.54, 1.807) is 0 Å². The van der Waals surface area contributed by atoms with Crippen LogP contribution in [-0.2, 0) is 11.3 Å². The molecule has 1 amide bonds. The molecule has 1 aromatic carbocycles. The van der Waals surface area contributed by atoms with Crippen molar-refractivity contribution < 1.29 is 9.53 Å². The molecule has 3 heteroatoms. The largest absolute Gasteiger partial charge is 0.445 e. The van der Waals surface area contributed by atoms with Crippen LogP contribution in [0.2, 0.25) is 0 Å². The van der Waals surface area contributed by atoms with Gasteiger partial charge in [-0.05, 0) is 24.3 Å². The lowest BCUT2D eigenvalue weighted by atomic mass is 9.99. The highest BCUT2D eigenvalue weighted by Gasteiger charge is 2.16. The molecular weight excluding hydrogens is 262 g/mol. The zero-order chi connectivity index (χ0) is 15.5. The number of allylic oxidation sites excluding steroid dienone is 1. The monoisotopic (exact) mass is 286 g/mol. The van der Waals surface area contributed by atoms with E-state index in [1.807, 2.05) is 68.8 Å². The Morgan fingerprint density at radius 2 is 2.10 bits per heavy atom. The van der Waals surface area contributed by atoms with Gasteiger partial charge >= 0.3 is 6.09 Å². The summed E-state index contributed by atoms with van der Waals surface area (Å²) in [5, 5.41) is 2.90. The molecule has 113 valence electrons. The third kappa shape index (κ3) is 6.80. The fourth-order valence-corrected chi connectivity index (χ4v) is 1.85. The number of benzene rings is 1. The number of carbonyl (C=O) groups excluding carboxylic acids is 1. The van der Waals surface area contributed by atoms with Crippen molar-refractivity contribution in [3.05, 3.63) is 67.1 Å². The van der Waals surface area contributed by atoms with Crippen LogP contribution in [0.3, 0.4) is 0 Å². The molecular formula is C18H24NO2. The number of ether oxygens (including phenoxy) is 1. The first-order chi connectivity index (χ1) is 10.2. The first kappa shape index (κ1) is 17.0. The molecule has 3 nitrogen and oxygen atoms in total. The van der Waals surface area contributed by atoms with E-state index in [2.05, 4.69) is 11.9 Å². The fourth-order valence-electron chi connectivity index (χ4n) is 1.85. The van der Waals surface area contributed by atoms with Crippen LogP contribution < -0.4 is 5.32 Å². The van der Waals surface area contributed by atoms with E-state index >= 15 is 0 Å². The predicted octanol–water partition coefficient (Wildman–Crippen LogP) is 4.27. The van der Waals surface area contributed by atoms with Gasteiger partial charge in [-0.3, -0.25) is 0 Å². The molecule has 0 saturated carbocycles. The summed E-state index contributed by atoms with van der Waals surface area (Å²) in [6.45, 7) is 8.05. The molecule has 1 N–H and O–H groups in total. The van der Waals surface area contributed by atoms with Crippen LogP contribution in [0.25, 0.3) is 0 Å². The van der Waals surface area contributed by atoms with E-state index < -0.39 is 6.09 Å². The Bertz CT molecular complexity index is 454. The molecule has 0 aromatic heterocycles. The van der Waals surface area contributed by atoms with Gasteiger partial charge in [0.25, 0.3) is 0 Å². The zero-order valence-electron chi connectivity index (χ0n) is 12.8. The number of hydrogen-bond donors (Lipinski definition) is 1. The van der Waals surface area contributed by atoms with Crippen molar-refractivity contribution >= 4 is 6.09 Å². The lowest BCUT2D eigenvalue weighted by Crippen LogP contribution is -2.38. The molecule has 0 aliphatic heterocycles. The van der Waals surface area contributed by atoms with Crippen LogP contribution in [0.5, 0.6) is 0 Å². The van der Waals surface area contributed by atoms with E-state index in [1.165, 1.54) is 0 Å². The fraction of sp³-hybridized carbons (Fsp3) is 0.333. The van der Waals surface area contributed by atoms with Crippen molar-refractivity contribution in [2.24, 2.45) is 5.92 Å². The number of rotatable bonds is 8. The molecule has 0 fully saturated rings. The normalized spacial score (nSPS) is 13.6. The molecule has 1 radical (unpaired) electrons. The Morgan fingerprint density at radius 1 is 1.38 bits per heavy atom. The molecule has 0 bridgehead atoms. The molecule has 1 rings (SSSR count). The van der Waals surface area contributed by atoms with Crippen molar-refractivity contribution in [2.75, 3.05) is 0 Å². The number of nitrogens with one attached hydrogen (secondary N) is 1. The predicted molar refractivity (Wildman–Crippen MR) is 86.6 cm³/mol. The SMILES string of the molecule is C=C[C@H](C)[C@@H](CC=C[CH]C)NC(=O)OCc1ccccc1. The summed E-state index contributed by atoms with van der Waals surface area (Å²) < 4.78 is 5.24. The maximum absolute atomic E-state index is 11.9. The maximum Gasteiger partial charge on any atom is 0.407 e. The lowest BCUT2D eigenvalue weighted by Gasteiger charge is -2.21. The molecule has 21 heavy (non-hydrogen) atoms. The van der Waals surface area contributed by atoms with Gasteiger partial charge in [0.15, 0.2) is 0 Å². The highest BCUT2D eigenvalue weighted by molar-refractivity contribution is 5.67. The molecule has 0 aliphatic carbocycles. The second-order valence-electron chi connectivity index (χ2n) is 4.90. The van der Waals surface area contributed by atoms with Gasteiger partial charge in [0, 0.05) is 6.04 Å². The van der Waals surface area contributed by atoms with E-state index in [-0.39, 0.29) is 18.6 Å². The summed E-state index contributed by atoms with van der Waals surface area (Å²) in [7, 11) is 0. The Hall–Kier alpha value is -2.03. The first-order valence-electron chi connectivity index (χ1n) is 7.21. The van der Waals surface area contributed by atoms with Crippen molar-refractivity contribution in [2.45, 2.75) is 32.9 Å². The lowest BCUT2D eigenvalue weighted by molar-refractivity contribution is 0.133. The third-order valence-electron chi connectivity index (χ3n) is 3.24. The summed E-state index contributed by atoms with van der Waals surface area (Å²) in [6.07, 6.45) is 8.15. The van der Waals surface area contributed by atoms with E-state index in [4.69, 9.17) is 4.74 Å². The standard InChI is InChI=1S/C18H24NO2/c1-4-6-8-13-17(15(3)5-2)19-18(20)21-14-16-11-9-7-10-12-16/h4-12,15,17H,2,13-14H2,1,3H3,(H,19,20)/t15-,17+/m0/s1. The highest BCUT2D eigenvalue weighted by Crippen LogP contribution is 2.10. The molecule has 1 aromatic rings. The quantitative estimate of drug-likeness (QED) is 0.725. The third-order valence-corrected chi connectivity index (χ3v) is 3.24. The van der Waals surface area contributed by atoms with Crippen LogP contribution in [0, 0.1) is 12.3 Å². The van der Waals surface area contributed by atoms with E-state index in [0.717, 1.165) is 12.0 Å². The van der Waals surface area contributed by atoms with Crippen LogP contribution in [-0.4, -0.2) is 12.1 Å². The topological polar surface area (TPSA) is 38.3 Å². The number of hydrogen-bond acceptors (Lipinski definition) is 2. The first-order valence-corrected chi connectivity index (χ1v) is 7.21. The Morgan fingerprint density at radius 3 is 2.71 bits per heavy atom. The van der Waals surface area contributed by atoms with Crippen molar-refractivity contribution in [1.29, 1.82) is 0 Å². The van der Waals surface area contributed by atoms with Gasteiger partial charge in [-0.2, -0.15) is 0 Å². The smallest absolute Gasteiger partial charge is 0.407 e. The van der Waals surface area contributed by atoms with Gasteiger partial charge < -0.3 is 10.1 Å². The average Bonchev–Trinajstić information content (AvgIpc) is 2.52. The van der Waals surface area contributed by atoms with E-state index in [9.17, 15) is 4.79 Å². The van der Waals surface area contributed by atoms with Crippen LogP contribution >= 0.6 is 0 Å². The summed E-state index contributed by atoms with van der Waals surface area (Å²) in [5.41, 5.74) is 0.974. The number of alkyl carbamates (subject to hydrolysis) is 1. The molecule has 0 saturated heterocycles. The van der Waals surface area contributed by atoms with Crippen molar-refractivity contribution in [1.82, 2.24) is 5.32 Å². The van der Waals surface area contributed by atoms with Crippen LogP contribution in [0.15, 0.2) is 55.1 Å². The minimum absolute atomic E-state index is 0.0121.